The summed E-state index contributed by atoms with van der Waals surface area (Å²) in [7, 11) is 0. The van der Waals surface area contributed by atoms with Crippen LogP contribution in [0.5, 0.6) is 0 Å². The lowest BCUT2D eigenvalue weighted by Crippen LogP contribution is -2.33. The highest BCUT2D eigenvalue weighted by molar-refractivity contribution is 7.99. The van der Waals surface area contributed by atoms with Gasteiger partial charge >= 0.3 is 0 Å². The molecule has 0 aliphatic heterocycles. The highest BCUT2D eigenvalue weighted by Crippen LogP contribution is 2.21. The van der Waals surface area contributed by atoms with Gasteiger partial charge in [-0.25, -0.2) is 4.39 Å². The second kappa shape index (κ2) is 8.14. The van der Waals surface area contributed by atoms with E-state index in [0.717, 1.165) is 12.8 Å². The summed E-state index contributed by atoms with van der Waals surface area (Å²) in [6.45, 7) is 4.12. The van der Waals surface area contributed by atoms with Crippen molar-refractivity contribution < 1.29 is 9.18 Å². The summed E-state index contributed by atoms with van der Waals surface area (Å²) in [4.78, 5) is 12.2. The minimum absolute atomic E-state index is 0.0486. The van der Waals surface area contributed by atoms with Gasteiger partial charge in [0, 0.05) is 23.1 Å². The Labute approximate surface area is 112 Å². The number of halogens is 1. The SMILES string of the molecule is CCC(CC)NC(=O)CCSc1ccccc1F. The number of hydrogen-bond donors (Lipinski definition) is 1. The van der Waals surface area contributed by atoms with Crippen LogP contribution in [-0.2, 0) is 4.79 Å². The molecule has 1 amide bonds. The molecule has 0 aromatic heterocycles. The van der Waals surface area contributed by atoms with Crippen LogP contribution in [0.4, 0.5) is 4.39 Å². The third kappa shape index (κ3) is 5.08. The number of rotatable bonds is 7. The van der Waals surface area contributed by atoms with Crippen LogP contribution in [0.25, 0.3) is 0 Å². The van der Waals surface area contributed by atoms with Crippen molar-refractivity contribution in [2.45, 2.75) is 44.0 Å². The van der Waals surface area contributed by atoms with Gasteiger partial charge < -0.3 is 5.32 Å². The van der Waals surface area contributed by atoms with Gasteiger partial charge in [-0.2, -0.15) is 0 Å². The number of thioether (sulfide) groups is 1. The zero-order valence-electron chi connectivity index (χ0n) is 10.9. The Morgan fingerprint density at radius 3 is 2.61 bits per heavy atom. The first kappa shape index (κ1) is 15.0. The smallest absolute Gasteiger partial charge is 0.221 e. The molecule has 2 nitrogen and oxygen atoms in total. The molecular weight excluding hydrogens is 249 g/mol. The van der Waals surface area contributed by atoms with E-state index in [4.69, 9.17) is 0 Å². The maximum atomic E-state index is 13.3. The predicted octanol–water partition coefficient (Wildman–Crippen LogP) is 3.61. The third-order valence-electron chi connectivity index (χ3n) is 2.77. The van der Waals surface area contributed by atoms with Crippen molar-refractivity contribution in [2.75, 3.05) is 5.75 Å². The van der Waals surface area contributed by atoms with Crippen LogP contribution in [0.3, 0.4) is 0 Å². The summed E-state index contributed by atoms with van der Waals surface area (Å²) in [5.41, 5.74) is 0. The number of amides is 1. The van der Waals surface area contributed by atoms with Gasteiger partial charge in [0.2, 0.25) is 5.91 Å². The molecule has 4 heteroatoms. The Morgan fingerprint density at radius 1 is 1.33 bits per heavy atom. The van der Waals surface area contributed by atoms with E-state index in [2.05, 4.69) is 19.2 Å². The zero-order chi connectivity index (χ0) is 13.4. The van der Waals surface area contributed by atoms with E-state index in [1.807, 2.05) is 0 Å². The predicted molar refractivity (Wildman–Crippen MR) is 74.3 cm³/mol. The second-order valence-electron chi connectivity index (χ2n) is 4.11. The van der Waals surface area contributed by atoms with Gasteiger partial charge in [0.1, 0.15) is 5.82 Å². The molecule has 0 aliphatic carbocycles. The highest BCUT2D eigenvalue weighted by Gasteiger charge is 2.08. The number of carbonyl (C=O) groups excluding carboxylic acids is 1. The second-order valence-corrected chi connectivity index (χ2v) is 5.25. The van der Waals surface area contributed by atoms with Gasteiger partial charge in [0.15, 0.2) is 0 Å². The lowest BCUT2D eigenvalue weighted by molar-refractivity contribution is -0.121. The van der Waals surface area contributed by atoms with E-state index < -0.39 is 0 Å². The molecule has 18 heavy (non-hydrogen) atoms. The summed E-state index contributed by atoms with van der Waals surface area (Å²) in [5.74, 6) is 0.433. The summed E-state index contributed by atoms with van der Waals surface area (Å²) in [5, 5.41) is 2.97. The minimum Gasteiger partial charge on any atom is -0.353 e. The van der Waals surface area contributed by atoms with Crippen molar-refractivity contribution in [2.24, 2.45) is 0 Å². The molecule has 0 saturated heterocycles. The molecule has 1 N–H and O–H groups in total. The topological polar surface area (TPSA) is 29.1 Å². The number of carbonyl (C=O) groups is 1. The van der Waals surface area contributed by atoms with Crippen molar-refractivity contribution in [3.63, 3.8) is 0 Å². The van der Waals surface area contributed by atoms with Gasteiger partial charge in [0.25, 0.3) is 0 Å². The van der Waals surface area contributed by atoms with Crippen molar-refractivity contribution in [1.82, 2.24) is 5.32 Å². The normalized spacial score (nSPS) is 10.7. The fourth-order valence-corrected chi connectivity index (χ4v) is 2.50. The van der Waals surface area contributed by atoms with Crippen molar-refractivity contribution in [1.29, 1.82) is 0 Å². The molecule has 0 aliphatic rings. The standard InChI is InChI=1S/C14H20FNOS/c1-3-11(4-2)16-14(17)9-10-18-13-8-6-5-7-12(13)15/h5-8,11H,3-4,9-10H2,1-2H3,(H,16,17). The largest absolute Gasteiger partial charge is 0.353 e. The molecule has 100 valence electrons. The highest BCUT2D eigenvalue weighted by atomic mass is 32.2. The number of nitrogens with one attached hydrogen (secondary N) is 1. The maximum absolute atomic E-state index is 13.3. The van der Waals surface area contributed by atoms with Gasteiger partial charge in [0.05, 0.1) is 0 Å². The van der Waals surface area contributed by atoms with Crippen LogP contribution in [0.2, 0.25) is 0 Å². The van der Waals surface area contributed by atoms with Gasteiger partial charge in [-0.3, -0.25) is 4.79 Å². The average molecular weight is 269 g/mol. The van der Waals surface area contributed by atoms with E-state index in [9.17, 15) is 9.18 Å². The van der Waals surface area contributed by atoms with E-state index >= 15 is 0 Å². The van der Waals surface area contributed by atoms with Gasteiger partial charge in [-0.15, -0.1) is 11.8 Å². The first-order chi connectivity index (χ1) is 8.67. The van der Waals surface area contributed by atoms with E-state index in [1.165, 1.54) is 17.8 Å². The molecule has 0 saturated carbocycles. The molecule has 0 radical (unpaired) electrons. The quantitative estimate of drug-likeness (QED) is 0.766. The number of hydrogen-bond acceptors (Lipinski definition) is 2. The van der Waals surface area contributed by atoms with Crippen LogP contribution in [0, 0.1) is 5.82 Å². The summed E-state index contributed by atoms with van der Waals surface area (Å²) in [6.07, 6.45) is 2.32. The molecule has 0 atom stereocenters. The van der Waals surface area contributed by atoms with Crippen LogP contribution in [0.1, 0.15) is 33.1 Å². The lowest BCUT2D eigenvalue weighted by atomic mass is 10.2. The molecule has 0 bridgehead atoms. The fourth-order valence-electron chi connectivity index (χ4n) is 1.61. The molecule has 1 aromatic carbocycles. The Morgan fingerprint density at radius 2 is 2.00 bits per heavy atom. The zero-order valence-corrected chi connectivity index (χ0v) is 11.7. The molecule has 0 spiro atoms. The van der Waals surface area contributed by atoms with Crippen LogP contribution in [-0.4, -0.2) is 17.7 Å². The van der Waals surface area contributed by atoms with Crippen molar-refractivity contribution in [3.05, 3.63) is 30.1 Å². The van der Waals surface area contributed by atoms with E-state index in [1.54, 1.807) is 18.2 Å². The van der Waals surface area contributed by atoms with E-state index in [0.29, 0.717) is 17.1 Å². The van der Waals surface area contributed by atoms with Crippen LogP contribution in [0.15, 0.2) is 29.2 Å². The molecule has 1 aromatic rings. The van der Waals surface area contributed by atoms with Gasteiger partial charge in [-0.1, -0.05) is 26.0 Å². The molecular formula is C14H20FNOS. The summed E-state index contributed by atoms with van der Waals surface area (Å²) in [6, 6.07) is 6.90. The lowest BCUT2D eigenvalue weighted by Gasteiger charge is -2.14. The van der Waals surface area contributed by atoms with Crippen LogP contribution < -0.4 is 5.32 Å². The van der Waals surface area contributed by atoms with Crippen molar-refractivity contribution in [3.8, 4) is 0 Å². The summed E-state index contributed by atoms with van der Waals surface area (Å²) >= 11 is 1.38. The summed E-state index contributed by atoms with van der Waals surface area (Å²) < 4.78 is 13.3. The minimum atomic E-state index is -0.220. The molecule has 1 rings (SSSR count). The van der Waals surface area contributed by atoms with Crippen molar-refractivity contribution >= 4 is 17.7 Å². The Balaban J connectivity index is 2.29. The molecule has 0 unspecified atom stereocenters. The molecule has 0 heterocycles. The monoisotopic (exact) mass is 269 g/mol. The maximum Gasteiger partial charge on any atom is 0.221 e. The average Bonchev–Trinajstić information content (AvgIpc) is 2.38. The first-order valence-electron chi connectivity index (χ1n) is 6.34. The third-order valence-corrected chi connectivity index (χ3v) is 3.82. The first-order valence-corrected chi connectivity index (χ1v) is 7.32. The van der Waals surface area contributed by atoms with E-state index in [-0.39, 0.29) is 17.8 Å². The van der Waals surface area contributed by atoms with Crippen LogP contribution >= 0.6 is 11.8 Å². The Kier molecular flexibility index (Phi) is 6.80. The van der Waals surface area contributed by atoms with Gasteiger partial charge in [-0.05, 0) is 25.0 Å². The Hall–Kier alpha value is -1.03. The Bertz CT molecular complexity index is 380. The fraction of sp³-hybridized carbons (Fsp3) is 0.500. The molecule has 0 fully saturated rings. The number of benzene rings is 1.